The third-order valence-electron chi connectivity index (χ3n) is 5.66. The van der Waals surface area contributed by atoms with Gasteiger partial charge in [0.1, 0.15) is 0 Å². The molecule has 0 aromatic heterocycles. The molecule has 1 atom stereocenters. The Hall–Kier alpha value is -0.0300. The molecule has 2 aliphatic heterocycles. The number of nitrogens with one attached hydrogen (secondary N) is 2. The van der Waals surface area contributed by atoms with Crippen LogP contribution in [0.15, 0.2) is 0 Å². The van der Waals surface area contributed by atoms with E-state index in [0.717, 1.165) is 50.9 Å². The first-order valence-corrected chi connectivity index (χ1v) is 9.05. The molecule has 3 rings (SSSR count). The fourth-order valence-electron chi connectivity index (χ4n) is 4.31. The molecular formula is C17H33Cl2N3O. The van der Waals surface area contributed by atoms with Gasteiger partial charge >= 0.3 is 0 Å². The summed E-state index contributed by atoms with van der Waals surface area (Å²) in [6.07, 6.45) is 11.0. The lowest BCUT2D eigenvalue weighted by Gasteiger charge is -2.24. The molecule has 3 fully saturated rings. The van der Waals surface area contributed by atoms with Gasteiger partial charge in [-0.25, -0.2) is 0 Å². The smallest absolute Gasteiger partial charge is 0.220 e. The van der Waals surface area contributed by atoms with E-state index >= 15 is 0 Å². The molecule has 1 amide bonds. The summed E-state index contributed by atoms with van der Waals surface area (Å²) in [5.74, 6) is 1.04. The second kappa shape index (κ2) is 10.8. The first-order chi connectivity index (χ1) is 10.3. The number of rotatable bonds is 5. The molecule has 6 heteroatoms. The number of likely N-dealkylation sites (tertiary alicyclic amines) is 1. The van der Waals surface area contributed by atoms with Crippen LogP contribution in [0, 0.1) is 5.92 Å². The van der Waals surface area contributed by atoms with Crippen molar-refractivity contribution >= 4 is 30.7 Å². The maximum Gasteiger partial charge on any atom is 0.220 e. The zero-order valence-corrected chi connectivity index (χ0v) is 15.7. The van der Waals surface area contributed by atoms with Crippen molar-refractivity contribution in [2.45, 2.75) is 69.9 Å². The molecule has 2 N–H and O–H groups in total. The third-order valence-corrected chi connectivity index (χ3v) is 5.66. The average Bonchev–Trinajstić information content (AvgIpc) is 3.17. The number of carbonyl (C=O) groups excluding carboxylic acids is 1. The predicted molar refractivity (Wildman–Crippen MR) is 99.7 cm³/mol. The Balaban J connectivity index is 0.00000132. The van der Waals surface area contributed by atoms with Gasteiger partial charge in [-0.1, -0.05) is 12.8 Å². The molecule has 0 radical (unpaired) electrons. The van der Waals surface area contributed by atoms with Crippen molar-refractivity contribution in [1.82, 2.24) is 15.5 Å². The molecule has 3 aliphatic rings. The highest BCUT2D eigenvalue weighted by Gasteiger charge is 2.30. The van der Waals surface area contributed by atoms with E-state index in [0.29, 0.717) is 6.04 Å². The van der Waals surface area contributed by atoms with E-state index in [1.54, 1.807) is 0 Å². The minimum absolute atomic E-state index is 0. The first-order valence-electron chi connectivity index (χ1n) is 9.05. The lowest BCUT2D eigenvalue weighted by atomic mass is 9.93. The lowest BCUT2D eigenvalue weighted by Crippen LogP contribution is -2.39. The van der Waals surface area contributed by atoms with E-state index in [4.69, 9.17) is 0 Å². The molecule has 23 heavy (non-hydrogen) atoms. The standard InChI is InChI=1S/C17H31N3O.2ClH/c21-17(6-5-14-7-10-18-11-8-14)19-15-9-12-20(13-15)16-3-1-2-4-16;;/h14-16,18H,1-13H2,(H,19,21);2*1H. The number of amides is 1. The normalized spacial score (nSPS) is 26.5. The van der Waals surface area contributed by atoms with Gasteiger partial charge in [0.15, 0.2) is 0 Å². The Morgan fingerprint density at radius 3 is 2.43 bits per heavy atom. The van der Waals surface area contributed by atoms with Crippen LogP contribution in [0.1, 0.15) is 57.8 Å². The molecule has 0 bridgehead atoms. The number of halogens is 2. The molecule has 4 nitrogen and oxygen atoms in total. The molecule has 1 aliphatic carbocycles. The van der Waals surface area contributed by atoms with E-state index in [2.05, 4.69) is 15.5 Å². The van der Waals surface area contributed by atoms with Crippen LogP contribution >= 0.6 is 24.8 Å². The Morgan fingerprint density at radius 1 is 1.04 bits per heavy atom. The monoisotopic (exact) mass is 365 g/mol. The molecule has 1 saturated carbocycles. The number of carbonyl (C=O) groups is 1. The molecule has 0 aromatic rings. The highest BCUT2D eigenvalue weighted by Crippen LogP contribution is 2.26. The SMILES string of the molecule is Cl.Cl.O=C(CCC1CCNCC1)NC1CCN(C2CCCC2)C1. The van der Waals surface area contributed by atoms with Crippen LogP contribution in [-0.4, -0.2) is 49.1 Å². The molecular weight excluding hydrogens is 333 g/mol. The van der Waals surface area contributed by atoms with Gasteiger partial charge in [-0.15, -0.1) is 24.8 Å². The van der Waals surface area contributed by atoms with Crippen molar-refractivity contribution < 1.29 is 4.79 Å². The van der Waals surface area contributed by atoms with Gasteiger partial charge < -0.3 is 10.6 Å². The van der Waals surface area contributed by atoms with Crippen molar-refractivity contribution in [3.63, 3.8) is 0 Å². The summed E-state index contributed by atoms with van der Waals surface area (Å²) in [6, 6.07) is 1.22. The largest absolute Gasteiger partial charge is 0.352 e. The van der Waals surface area contributed by atoms with E-state index in [-0.39, 0.29) is 30.7 Å². The summed E-state index contributed by atoms with van der Waals surface area (Å²) in [7, 11) is 0. The lowest BCUT2D eigenvalue weighted by molar-refractivity contribution is -0.122. The van der Waals surface area contributed by atoms with Crippen molar-refractivity contribution in [3.8, 4) is 0 Å². The summed E-state index contributed by atoms with van der Waals surface area (Å²) in [4.78, 5) is 14.7. The van der Waals surface area contributed by atoms with Gasteiger partial charge in [0.25, 0.3) is 0 Å². The second-order valence-electron chi connectivity index (χ2n) is 7.22. The summed E-state index contributed by atoms with van der Waals surface area (Å²) < 4.78 is 0. The molecule has 0 aromatic carbocycles. The fraction of sp³-hybridized carbons (Fsp3) is 0.941. The third kappa shape index (κ3) is 6.41. The Kier molecular flexibility index (Phi) is 9.83. The first kappa shape index (κ1) is 21.0. The molecule has 2 heterocycles. The highest BCUT2D eigenvalue weighted by molar-refractivity contribution is 5.85. The average molecular weight is 366 g/mol. The summed E-state index contributed by atoms with van der Waals surface area (Å²) >= 11 is 0. The van der Waals surface area contributed by atoms with E-state index in [1.807, 2.05) is 0 Å². The topological polar surface area (TPSA) is 44.4 Å². The number of piperidine rings is 1. The van der Waals surface area contributed by atoms with Gasteiger partial charge in [0, 0.05) is 31.6 Å². The fourth-order valence-corrected chi connectivity index (χ4v) is 4.31. The number of nitrogens with zero attached hydrogens (tertiary/aromatic N) is 1. The molecule has 136 valence electrons. The van der Waals surface area contributed by atoms with Gasteiger partial charge in [-0.2, -0.15) is 0 Å². The van der Waals surface area contributed by atoms with Crippen LogP contribution in [0.5, 0.6) is 0 Å². The molecule has 2 saturated heterocycles. The van der Waals surface area contributed by atoms with Crippen molar-refractivity contribution in [3.05, 3.63) is 0 Å². The van der Waals surface area contributed by atoms with E-state index < -0.39 is 0 Å². The van der Waals surface area contributed by atoms with Crippen LogP contribution in [0.25, 0.3) is 0 Å². The molecule has 1 unspecified atom stereocenters. The summed E-state index contributed by atoms with van der Waals surface area (Å²) in [5.41, 5.74) is 0. The van der Waals surface area contributed by atoms with Crippen LogP contribution in [0.4, 0.5) is 0 Å². The maximum absolute atomic E-state index is 12.1. The maximum atomic E-state index is 12.1. The van der Waals surface area contributed by atoms with E-state index in [9.17, 15) is 4.79 Å². The minimum Gasteiger partial charge on any atom is -0.352 e. The van der Waals surface area contributed by atoms with Gasteiger partial charge in [-0.3, -0.25) is 9.69 Å². The predicted octanol–water partition coefficient (Wildman–Crippen LogP) is 2.74. The van der Waals surface area contributed by atoms with Crippen molar-refractivity contribution in [2.75, 3.05) is 26.2 Å². The van der Waals surface area contributed by atoms with Crippen LogP contribution in [0.2, 0.25) is 0 Å². The van der Waals surface area contributed by atoms with E-state index in [1.165, 1.54) is 45.1 Å². The van der Waals surface area contributed by atoms with Crippen LogP contribution in [-0.2, 0) is 4.79 Å². The minimum atomic E-state index is 0. The second-order valence-corrected chi connectivity index (χ2v) is 7.22. The molecule has 0 spiro atoms. The highest BCUT2D eigenvalue weighted by atomic mass is 35.5. The summed E-state index contributed by atoms with van der Waals surface area (Å²) in [5, 5.41) is 6.66. The number of hydrogen-bond acceptors (Lipinski definition) is 3. The van der Waals surface area contributed by atoms with Crippen molar-refractivity contribution in [2.24, 2.45) is 5.92 Å². The van der Waals surface area contributed by atoms with Gasteiger partial charge in [0.05, 0.1) is 0 Å². The summed E-state index contributed by atoms with van der Waals surface area (Å²) in [6.45, 7) is 4.53. The quantitative estimate of drug-likeness (QED) is 0.787. The van der Waals surface area contributed by atoms with Gasteiger partial charge in [0.2, 0.25) is 5.91 Å². The zero-order chi connectivity index (χ0) is 14.5. The van der Waals surface area contributed by atoms with Crippen molar-refractivity contribution in [1.29, 1.82) is 0 Å². The Labute approximate surface area is 153 Å². The Bertz CT molecular complexity index is 345. The van der Waals surface area contributed by atoms with Crippen LogP contribution in [0.3, 0.4) is 0 Å². The Morgan fingerprint density at radius 2 is 1.74 bits per heavy atom. The number of hydrogen-bond donors (Lipinski definition) is 2. The van der Waals surface area contributed by atoms with Crippen LogP contribution < -0.4 is 10.6 Å². The zero-order valence-electron chi connectivity index (χ0n) is 14.1. The van der Waals surface area contributed by atoms with Gasteiger partial charge in [-0.05, 0) is 57.5 Å².